The number of rotatable bonds is 8. The van der Waals surface area contributed by atoms with E-state index < -0.39 is 0 Å². The van der Waals surface area contributed by atoms with Gasteiger partial charge in [0, 0.05) is 25.7 Å². The maximum absolute atomic E-state index is 5.74. The van der Waals surface area contributed by atoms with Crippen molar-refractivity contribution in [2.24, 2.45) is 17.6 Å². The topological polar surface area (TPSA) is 41.7 Å². The molecule has 2 aliphatic heterocycles. The second kappa shape index (κ2) is 9.09. The Labute approximate surface area is 131 Å². The fraction of sp³-hybridized carbons (Fsp3) is 1.00. The van der Waals surface area contributed by atoms with Crippen LogP contribution in [-0.4, -0.2) is 68.3 Å². The van der Waals surface area contributed by atoms with Crippen molar-refractivity contribution in [3.8, 4) is 0 Å². The highest BCUT2D eigenvalue weighted by atomic mass is 16.5. The Kier molecular flexibility index (Phi) is 7.44. The van der Waals surface area contributed by atoms with Crippen molar-refractivity contribution in [3.63, 3.8) is 0 Å². The van der Waals surface area contributed by atoms with Gasteiger partial charge in [-0.1, -0.05) is 13.8 Å². The van der Waals surface area contributed by atoms with Crippen LogP contribution in [0, 0.1) is 11.8 Å². The molecule has 0 aromatic heterocycles. The molecule has 0 aromatic rings. The van der Waals surface area contributed by atoms with Crippen molar-refractivity contribution in [2.75, 3.05) is 52.5 Å². The summed E-state index contributed by atoms with van der Waals surface area (Å²) in [6.07, 6.45) is 5.21. The first-order chi connectivity index (χ1) is 10.2. The molecule has 0 radical (unpaired) electrons. The number of morpholine rings is 1. The summed E-state index contributed by atoms with van der Waals surface area (Å²) in [7, 11) is 0. The Hall–Kier alpha value is -0.160. The van der Waals surface area contributed by atoms with E-state index in [0.717, 1.165) is 50.7 Å². The molecule has 0 aromatic carbocycles. The molecule has 2 unspecified atom stereocenters. The number of nitrogens with two attached hydrogens (primary N) is 1. The van der Waals surface area contributed by atoms with Gasteiger partial charge in [-0.15, -0.1) is 0 Å². The van der Waals surface area contributed by atoms with E-state index in [1.54, 1.807) is 0 Å². The van der Waals surface area contributed by atoms with Crippen LogP contribution < -0.4 is 5.73 Å². The van der Waals surface area contributed by atoms with Gasteiger partial charge in [-0.2, -0.15) is 0 Å². The van der Waals surface area contributed by atoms with E-state index in [0.29, 0.717) is 0 Å². The predicted octanol–water partition coefficient (Wildman–Crippen LogP) is 1.79. The highest BCUT2D eigenvalue weighted by Crippen LogP contribution is 2.22. The zero-order valence-electron chi connectivity index (χ0n) is 14.1. The number of hydrogen-bond donors (Lipinski definition) is 1. The van der Waals surface area contributed by atoms with E-state index in [-0.39, 0.29) is 0 Å². The van der Waals surface area contributed by atoms with Gasteiger partial charge in [0.25, 0.3) is 0 Å². The zero-order chi connectivity index (χ0) is 15.1. The first-order valence-corrected chi connectivity index (χ1v) is 8.95. The Morgan fingerprint density at radius 3 is 2.57 bits per heavy atom. The molecule has 0 spiro atoms. The van der Waals surface area contributed by atoms with Crippen molar-refractivity contribution in [1.82, 2.24) is 9.80 Å². The largest absolute Gasteiger partial charge is 0.379 e. The van der Waals surface area contributed by atoms with Crippen LogP contribution >= 0.6 is 0 Å². The molecular weight excluding hydrogens is 262 g/mol. The number of nitrogens with zero attached hydrogens (tertiary/aromatic N) is 2. The monoisotopic (exact) mass is 297 g/mol. The molecule has 2 saturated heterocycles. The lowest BCUT2D eigenvalue weighted by atomic mass is 9.88. The molecule has 2 aliphatic rings. The first kappa shape index (κ1) is 17.2. The van der Waals surface area contributed by atoms with Gasteiger partial charge < -0.3 is 15.4 Å². The van der Waals surface area contributed by atoms with Crippen LogP contribution in [0.25, 0.3) is 0 Å². The van der Waals surface area contributed by atoms with Crippen molar-refractivity contribution in [1.29, 1.82) is 0 Å². The summed E-state index contributed by atoms with van der Waals surface area (Å²) in [4.78, 5) is 5.30. The molecule has 2 N–H and O–H groups in total. The third-order valence-corrected chi connectivity index (χ3v) is 5.34. The highest BCUT2D eigenvalue weighted by Gasteiger charge is 2.28. The zero-order valence-corrected chi connectivity index (χ0v) is 14.1. The van der Waals surface area contributed by atoms with Crippen LogP contribution in [0.5, 0.6) is 0 Å². The summed E-state index contributed by atoms with van der Waals surface area (Å²) >= 11 is 0. The summed E-state index contributed by atoms with van der Waals surface area (Å²) in [6.45, 7) is 13.4. The lowest BCUT2D eigenvalue weighted by Gasteiger charge is -2.32. The average molecular weight is 297 g/mol. The molecule has 2 heterocycles. The summed E-state index contributed by atoms with van der Waals surface area (Å²) in [5.74, 6) is 1.58. The van der Waals surface area contributed by atoms with E-state index in [9.17, 15) is 0 Å². The van der Waals surface area contributed by atoms with Crippen LogP contribution in [0.1, 0.15) is 39.5 Å². The Bertz CT molecular complexity index is 279. The van der Waals surface area contributed by atoms with Gasteiger partial charge in [-0.25, -0.2) is 0 Å². The Morgan fingerprint density at radius 1 is 1.14 bits per heavy atom. The minimum absolute atomic E-state index is 0.772. The molecule has 0 saturated carbocycles. The summed E-state index contributed by atoms with van der Waals surface area (Å²) in [6, 6.07) is 0.777. The van der Waals surface area contributed by atoms with Crippen LogP contribution in [-0.2, 0) is 4.74 Å². The predicted molar refractivity (Wildman–Crippen MR) is 88.5 cm³/mol. The number of ether oxygens (including phenoxy) is 1. The van der Waals surface area contributed by atoms with Crippen LogP contribution in [0.4, 0.5) is 0 Å². The third-order valence-electron chi connectivity index (χ3n) is 5.34. The van der Waals surface area contributed by atoms with E-state index in [2.05, 4.69) is 23.6 Å². The minimum atomic E-state index is 0.772. The van der Waals surface area contributed by atoms with Gasteiger partial charge >= 0.3 is 0 Å². The standard InChI is InChI=1S/C17H35N3O/c1-15(2)16(5-7-18)4-3-8-19-9-6-17(14-19)20-10-12-21-13-11-20/h15-17H,3-14,18H2,1-2H3. The van der Waals surface area contributed by atoms with E-state index in [1.807, 2.05) is 0 Å². The Morgan fingerprint density at radius 2 is 1.90 bits per heavy atom. The second-order valence-electron chi connectivity index (χ2n) is 7.12. The molecule has 4 heteroatoms. The average Bonchev–Trinajstić information content (AvgIpc) is 2.96. The molecule has 4 nitrogen and oxygen atoms in total. The summed E-state index contributed by atoms with van der Waals surface area (Å²) in [5, 5.41) is 0. The molecule has 0 bridgehead atoms. The molecular formula is C17H35N3O. The molecule has 2 fully saturated rings. The molecule has 0 amide bonds. The maximum atomic E-state index is 5.74. The number of likely N-dealkylation sites (tertiary alicyclic amines) is 1. The van der Waals surface area contributed by atoms with Crippen LogP contribution in [0.2, 0.25) is 0 Å². The van der Waals surface area contributed by atoms with Gasteiger partial charge in [0.1, 0.15) is 0 Å². The second-order valence-corrected chi connectivity index (χ2v) is 7.12. The van der Waals surface area contributed by atoms with Crippen LogP contribution in [0.15, 0.2) is 0 Å². The van der Waals surface area contributed by atoms with Gasteiger partial charge in [0.2, 0.25) is 0 Å². The fourth-order valence-corrected chi connectivity index (χ4v) is 3.86. The van der Waals surface area contributed by atoms with Gasteiger partial charge in [-0.05, 0) is 57.2 Å². The lowest BCUT2D eigenvalue weighted by Crippen LogP contribution is -2.44. The summed E-state index contributed by atoms with van der Waals surface area (Å²) in [5.41, 5.74) is 5.74. The fourth-order valence-electron chi connectivity index (χ4n) is 3.86. The van der Waals surface area contributed by atoms with Crippen molar-refractivity contribution >= 4 is 0 Å². The number of hydrogen-bond acceptors (Lipinski definition) is 4. The molecule has 2 atom stereocenters. The highest BCUT2D eigenvalue weighted by molar-refractivity contribution is 4.84. The van der Waals surface area contributed by atoms with Gasteiger partial charge in [0.15, 0.2) is 0 Å². The molecule has 21 heavy (non-hydrogen) atoms. The van der Waals surface area contributed by atoms with Crippen molar-refractivity contribution in [2.45, 2.75) is 45.6 Å². The lowest BCUT2D eigenvalue weighted by molar-refractivity contribution is 0.0185. The molecule has 0 aliphatic carbocycles. The van der Waals surface area contributed by atoms with E-state index in [1.165, 1.54) is 45.3 Å². The minimum Gasteiger partial charge on any atom is -0.379 e. The van der Waals surface area contributed by atoms with Gasteiger partial charge in [-0.3, -0.25) is 4.90 Å². The van der Waals surface area contributed by atoms with Gasteiger partial charge in [0.05, 0.1) is 13.2 Å². The van der Waals surface area contributed by atoms with E-state index in [4.69, 9.17) is 10.5 Å². The first-order valence-electron chi connectivity index (χ1n) is 8.95. The van der Waals surface area contributed by atoms with Crippen molar-refractivity contribution < 1.29 is 4.74 Å². The smallest absolute Gasteiger partial charge is 0.0594 e. The summed E-state index contributed by atoms with van der Waals surface area (Å²) < 4.78 is 5.46. The Balaban J connectivity index is 1.63. The maximum Gasteiger partial charge on any atom is 0.0594 e. The SMILES string of the molecule is CC(C)C(CCN)CCCN1CCC(N2CCOCC2)C1. The third kappa shape index (κ3) is 5.51. The molecule has 124 valence electrons. The van der Waals surface area contributed by atoms with E-state index >= 15 is 0 Å². The normalized spacial score (nSPS) is 26.6. The molecule has 2 rings (SSSR count). The van der Waals surface area contributed by atoms with Crippen molar-refractivity contribution in [3.05, 3.63) is 0 Å². The quantitative estimate of drug-likeness (QED) is 0.742. The van der Waals surface area contributed by atoms with Crippen LogP contribution in [0.3, 0.4) is 0 Å².